The first-order chi connectivity index (χ1) is 35.7. The van der Waals surface area contributed by atoms with Gasteiger partial charge in [-0.3, -0.25) is 0 Å². The molecule has 0 amide bonds. The van der Waals surface area contributed by atoms with Gasteiger partial charge in [0.2, 0.25) is 0 Å². The summed E-state index contributed by atoms with van der Waals surface area (Å²) in [4.78, 5) is 2.54. The maximum Gasteiger partial charge on any atom is 0.0754 e. The van der Waals surface area contributed by atoms with Gasteiger partial charge < -0.3 is 4.90 Å². The summed E-state index contributed by atoms with van der Waals surface area (Å²) < 4.78 is 0. The third kappa shape index (κ3) is 6.62. The van der Waals surface area contributed by atoms with Gasteiger partial charge in [-0.15, -0.1) is 0 Å². The van der Waals surface area contributed by atoms with Crippen LogP contribution in [-0.2, 0) is 5.41 Å². The van der Waals surface area contributed by atoms with Crippen LogP contribution < -0.4 is 15.3 Å². The lowest BCUT2D eigenvalue weighted by Crippen LogP contribution is -2.36. The monoisotopic (exact) mass is 915 g/mol. The summed E-state index contributed by atoms with van der Waals surface area (Å²) in [6.45, 7) is 0. The molecule has 0 N–H and O–H groups in total. The van der Waals surface area contributed by atoms with E-state index < -0.39 is 5.41 Å². The van der Waals surface area contributed by atoms with Crippen molar-refractivity contribution in [2.45, 2.75) is 18.3 Å². The quantitative estimate of drug-likeness (QED) is 0.156. The highest BCUT2D eigenvalue weighted by molar-refractivity contribution is 6.13. The van der Waals surface area contributed by atoms with Crippen LogP contribution in [0, 0.1) is 0 Å². The maximum absolute atomic E-state index is 2.57. The minimum atomic E-state index is -0.680. The molecule has 1 nitrogen and oxygen atoms in total. The fourth-order valence-electron chi connectivity index (χ4n) is 12.4. The number of nitrogens with zero attached hydrogens (tertiary/aromatic N) is 1. The molecule has 72 heavy (non-hydrogen) atoms. The largest absolute Gasteiger partial charge is 0.310 e. The Balaban J connectivity index is 1.08. The molecule has 11 aromatic rings. The zero-order valence-corrected chi connectivity index (χ0v) is 39.8. The molecule has 0 bridgehead atoms. The Kier molecular flexibility index (Phi) is 9.96. The number of hydrogen-bond acceptors (Lipinski definition) is 1. The lowest BCUT2D eigenvalue weighted by molar-refractivity contribution is 0.752. The molecule has 1 spiro atoms. The zero-order chi connectivity index (χ0) is 47.6. The molecule has 0 radical (unpaired) electrons. The Labute approximate surface area is 421 Å². The van der Waals surface area contributed by atoms with Gasteiger partial charge in [0, 0.05) is 5.69 Å². The molecule has 0 saturated heterocycles. The van der Waals surface area contributed by atoms with Crippen molar-refractivity contribution in [3.63, 3.8) is 0 Å². The number of benzene rings is 11. The lowest BCUT2D eigenvalue weighted by atomic mass is 9.64. The van der Waals surface area contributed by atoms with Crippen LogP contribution in [0.2, 0.25) is 0 Å². The van der Waals surface area contributed by atoms with Gasteiger partial charge in [0.05, 0.1) is 16.8 Å². The SMILES string of the molecule is C1=C\C/C=c2/cccc/c2=C(\c2ccc3c(c2)C2(c4cc(-c5c6ccccc6cc6ccccc56)ccc4-3)c3ccccc3N(c3cc(-c4ccccc4)cc(-c4ccccc4)c3)c3ccccc32)C\C=C/1. The molecule has 0 atom stereocenters. The van der Waals surface area contributed by atoms with E-state index in [4.69, 9.17) is 0 Å². The zero-order valence-electron chi connectivity index (χ0n) is 39.8. The summed E-state index contributed by atoms with van der Waals surface area (Å²) in [6, 6.07) is 91.1. The average Bonchev–Trinajstić information content (AvgIpc) is 3.74. The summed E-state index contributed by atoms with van der Waals surface area (Å²) in [6.07, 6.45) is 13.0. The van der Waals surface area contributed by atoms with E-state index in [1.807, 2.05) is 0 Å². The van der Waals surface area contributed by atoms with Crippen molar-refractivity contribution in [1.82, 2.24) is 0 Å². The van der Waals surface area contributed by atoms with Crippen LogP contribution in [-0.4, -0.2) is 0 Å². The van der Waals surface area contributed by atoms with Crippen molar-refractivity contribution < 1.29 is 0 Å². The fourth-order valence-corrected chi connectivity index (χ4v) is 12.4. The van der Waals surface area contributed by atoms with Crippen LogP contribution in [0.4, 0.5) is 17.1 Å². The highest BCUT2D eigenvalue weighted by Crippen LogP contribution is 2.64. The van der Waals surface area contributed by atoms with E-state index in [1.54, 1.807) is 0 Å². The summed E-state index contributed by atoms with van der Waals surface area (Å²) >= 11 is 0. The number of hydrogen-bond donors (Lipinski definition) is 0. The van der Waals surface area contributed by atoms with Crippen LogP contribution in [0.1, 0.15) is 40.7 Å². The van der Waals surface area contributed by atoms with Crippen LogP contribution in [0.15, 0.2) is 267 Å². The number of allylic oxidation sites excluding steroid dienone is 4. The molecule has 0 fully saturated rings. The number of fused-ring (bicyclic) bond motifs is 12. The minimum absolute atomic E-state index is 0.680. The topological polar surface area (TPSA) is 3.24 Å². The summed E-state index contributed by atoms with van der Waals surface area (Å²) in [5.74, 6) is 0. The van der Waals surface area contributed by atoms with Gasteiger partial charge in [0.25, 0.3) is 0 Å². The van der Waals surface area contributed by atoms with E-state index in [-0.39, 0.29) is 0 Å². The van der Waals surface area contributed by atoms with Gasteiger partial charge in [-0.25, -0.2) is 0 Å². The molecule has 11 aromatic carbocycles. The minimum Gasteiger partial charge on any atom is -0.310 e. The molecule has 0 saturated carbocycles. The second kappa shape index (κ2) is 17.1. The Bertz CT molecular complexity index is 4000. The van der Waals surface area contributed by atoms with Crippen molar-refractivity contribution >= 4 is 50.3 Å². The lowest BCUT2D eigenvalue weighted by Gasteiger charge is -2.45. The van der Waals surface area contributed by atoms with E-state index >= 15 is 0 Å². The maximum atomic E-state index is 2.57. The van der Waals surface area contributed by atoms with E-state index in [0.717, 1.165) is 18.5 Å². The Morgan fingerprint density at radius 1 is 0.361 bits per heavy atom. The molecule has 338 valence electrons. The molecule has 3 aliphatic rings. The van der Waals surface area contributed by atoms with Gasteiger partial charge in [0.1, 0.15) is 0 Å². The molecule has 1 aliphatic heterocycles. The van der Waals surface area contributed by atoms with Crippen molar-refractivity contribution in [3.05, 3.63) is 305 Å². The molecule has 2 aliphatic carbocycles. The second-order valence-electron chi connectivity index (χ2n) is 19.4. The highest BCUT2D eigenvalue weighted by atomic mass is 15.2. The third-order valence-electron chi connectivity index (χ3n) is 15.5. The molecular formula is C71H49N. The van der Waals surface area contributed by atoms with Gasteiger partial charge in [0.15, 0.2) is 0 Å². The summed E-state index contributed by atoms with van der Waals surface area (Å²) in [7, 11) is 0. The number of anilines is 3. The van der Waals surface area contributed by atoms with Gasteiger partial charge >= 0.3 is 0 Å². The van der Waals surface area contributed by atoms with E-state index in [9.17, 15) is 0 Å². The van der Waals surface area contributed by atoms with Gasteiger partial charge in [-0.1, -0.05) is 225 Å². The van der Waals surface area contributed by atoms with Gasteiger partial charge in [-0.2, -0.15) is 0 Å². The molecule has 0 unspecified atom stereocenters. The van der Waals surface area contributed by atoms with E-state index in [2.05, 4.69) is 278 Å². The molecular weight excluding hydrogens is 867 g/mol. The molecule has 1 heterocycles. The van der Waals surface area contributed by atoms with Crippen LogP contribution in [0.5, 0.6) is 0 Å². The van der Waals surface area contributed by atoms with Crippen molar-refractivity contribution in [2.24, 2.45) is 0 Å². The fraction of sp³-hybridized carbons (Fsp3) is 0.0423. The molecule has 1 heteroatoms. The summed E-state index contributed by atoms with van der Waals surface area (Å²) in [5.41, 5.74) is 20.3. The highest BCUT2D eigenvalue weighted by Gasteiger charge is 2.52. The van der Waals surface area contributed by atoms with E-state index in [0.29, 0.717) is 0 Å². The van der Waals surface area contributed by atoms with Crippen LogP contribution >= 0.6 is 0 Å². The average molecular weight is 916 g/mol. The predicted molar refractivity (Wildman–Crippen MR) is 303 cm³/mol. The van der Waals surface area contributed by atoms with Gasteiger partial charge in [-0.05, 0) is 171 Å². The van der Waals surface area contributed by atoms with Crippen molar-refractivity contribution in [3.8, 4) is 44.5 Å². The number of para-hydroxylation sites is 2. The third-order valence-corrected chi connectivity index (χ3v) is 15.5. The van der Waals surface area contributed by atoms with Crippen LogP contribution in [0.3, 0.4) is 0 Å². The first-order valence-corrected chi connectivity index (χ1v) is 25.3. The van der Waals surface area contributed by atoms with Crippen molar-refractivity contribution in [2.75, 3.05) is 4.90 Å². The first-order valence-electron chi connectivity index (χ1n) is 25.3. The van der Waals surface area contributed by atoms with Crippen molar-refractivity contribution in [1.29, 1.82) is 0 Å². The smallest absolute Gasteiger partial charge is 0.0754 e. The van der Waals surface area contributed by atoms with Crippen LogP contribution in [0.25, 0.3) is 77.7 Å². The molecule has 0 aromatic heterocycles. The Morgan fingerprint density at radius 3 is 1.54 bits per heavy atom. The number of rotatable bonds is 5. The van der Waals surface area contributed by atoms with E-state index in [1.165, 1.54) is 121 Å². The Hall–Kier alpha value is -9.04. The normalized spacial score (nSPS) is 16.2. The first kappa shape index (κ1) is 41.9. The second-order valence-corrected chi connectivity index (χ2v) is 19.4. The standard InChI is InChI=1S/C71H49N/c1-2-6-26-50-27-12-15-31-58(50)59(30-11-3-1)53-38-40-62-63-41-39-54(70-60-32-16-13-28-51(60)42-52-29-14-17-33-61(52)70)47-67(63)71(66(62)46-53)64-34-18-20-36-68(64)72(69-37-21-19-35-65(69)71)57-44-55(48-22-7-4-8-23-48)43-56(45-57)49-24-9-5-10-25-49/h1-5,7-29,31-47H,6,30H2/b2-1-,11-3-,50-26-,59-58+. The summed E-state index contributed by atoms with van der Waals surface area (Å²) in [5, 5.41) is 7.57. The predicted octanol–water partition coefficient (Wildman–Crippen LogP) is 17.0. The Morgan fingerprint density at radius 2 is 0.889 bits per heavy atom. The molecule has 14 rings (SSSR count).